The Bertz CT molecular complexity index is 897. The lowest BCUT2D eigenvalue weighted by Crippen LogP contribution is -2.40. The molecule has 1 aliphatic heterocycles. The molecule has 9 heteroatoms. The van der Waals surface area contributed by atoms with Crippen LogP contribution in [0, 0.1) is 0 Å². The summed E-state index contributed by atoms with van der Waals surface area (Å²) >= 11 is 11.9. The van der Waals surface area contributed by atoms with Crippen LogP contribution in [-0.4, -0.2) is 35.5 Å². The molecular weight excluding hydrogens is 407 g/mol. The molecule has 0 radical (unpaired) electrons. The van der Waals surface area contributed by atoms with E-state index in [4.69, 9.17) is 38.4 Å². The van der Waals surface area contributed by atoms with Crippen LogP contribution in [0.4, 0.5) is 10.5 Å². The molecule has 0 bridgehead atoms. The first-order valence-corrected chi connectivity index (χ1v) is 9.04. The molecule has 0 aliphatic carbocycles. The largest absolute Gasteiger partial charge is 0.444 e. The van der Waals surface area contributed by atoms with Crippen LogP contribution in [0.3, 0.4) is 0 Å². The third kappa shape index (κ3) is 4.37. The summed E-state index contributed by atoms with van der Waals surface area (Å²) in [4.78, 5) is 38.1. The van der Waals surface area contributed by atoms with Crippen LogP contribution in [0.1, 0.15) is 22.3 Å². The van der Waals surface area contributed by atoms with Gasteiger partial charge in [0.25, 0.3) is 0 Å². The maximum Gasteiger partial charge on any atom is 0.413 e. The number of ether oxygens (including phenoxy) is 2. The number of ketones is 1. The van der Waals surface area contributed by atoms with Crippen LogP contribution < -0.4 is 5.73 Å². The van der Waals surface area contributed by atoms with Gasteiger partial charge in [-0.2, -0.15) is 0 Å². The van der Waals surface area contributed by atoms with E-state index >= 15 is 0 Å². The number of halogens is 2. The Morgan fingerprint density at radius 2 is 1.93 bits per heavy atom. The van der Waals surface area contributed by atoms with E-state index < -0.39 is 23.9 Å². The molecular formula is C19H16Cl2N2O5. The maximum atomic E-state index is 12.7. The van der Waals surface area contributed by atoms with Gasteiger partial charge in [-0.1, -0.05) is 53.5 Å². The molecule has 7 nitrogen and oxygen atoms in total. The standard InChI is InChI=1S/C19H16Cl2N2O5/c20-12-6-13(21)17(14(22)7-12)16(24)8-15-18(25)28-10-23(15)19(26)27-9-11-4-2-1-3-5-11/h1-7,15H,8-10,22H2/t15-/m0/s1. The second kappa shape index (κ2) is 8.50. The predicted octanol–water partition coefficient (Wildman–Crippen LogP) is 3.67. The van der Waals surface area contributed by atoms with Crippen molar-refractivity contribution >= 4 is 46.7 Å². The van der Waals surface area contributed by atoms with Crippen LogP contribution in [-0.2, 0) is 20.9 Å². The highest BCUT2D eigenvalue weighted by atomic mass is 35.5. The molecule has 0 unspecified atom stereocenters. The van der Waals surface area contributed by atoms with E-state index in [0.29, 0.717) is 0 Å². The fourth-order valence-corrected chi connectivity index (χ4v) is 3.40. The normalized spacial score (nSPS) is 16.0. The molecule has 1 atom stereocenters. The lowest BCUT2D eigenvalue weighted by atomic mass is 10.0. The molecule has 1 aliphatic rings. The van der Waals surface area contributed by atoms with E-state index in [1.165, 1.54) is 12.1 Å². The number of Topliss-reactive ketones (excluding diaryl/α,β-unsaturated/α-hetero) is 1. The number of nitrogens with two attached hydrogens (primary N) is 1. The molecule has 28 heavy (non-hydrogen) atoms. The van der Waals surface area contributed by atoms with Gasteiger partial charge < -0.3 is 15.2 Å². The number of nitrogen functional groups attached to an aromatic ring is 1. The zero-order valence-electron chi connectivity index (χ0n) is 14.6. The molecule has 1 saturated heterocycles. The SMILES string of the molecule is Nc1cc(Cl)cc(Cl)c1C(=O)C[C@H]1C(=O)OCN1C(=O)OCc1ccccc1. The molecule has 3 rings (SSSR count). The molecule has 1 fully saturated rings. The highest BCUT2D eigenvalue weighted by Gasteiger charge is 2.40. The van der Waals surface area contributed by atoms with Crippen LogP contribution in [0.15, 0.2) is 42.5 Å². The predicted molar refractivity (Wildman–Crippen MR) is 103 cm³/mol. The highest BCUT2D eigenvalue weighted by molar-refractivity contribution is 6.37. The number of anilines is 1. The van der Waals surface area contributed by atoms with Crippen LogP contribution in [0.5, 0.6) is 0 Å². The first-order chi connectivity index (χ1) is 13.4. The lowest BCUT2D eigenvalue weighted by Gasteiger charge is -2.19. The first kappa shape index (κ1) is 20.0. The Morgan fingerprint density at radius 3 is 2.61 bits per heavy atom. The molecule has 1 amide bonds. The minimum Gasteiger partial charge on any atom is -0.444 e. The second-order valence-corrected chi connectivity index (χ2v) is 6.94. The second-order valence-electron chi connectivity index (χ2n) is 6.10. The van der Waals surface area contributed by atoms with Gasteiger partial charge in [-0.3, -0.25) is 9.69 Å². The number of hydrogen-bond donors (Lipinski definition) is 1. The van der Waals surface area contributed by atoms with Crippen molar-refractivity contribution < 1.29 is 23.9 Å². The Balaban J connectivity index is 1.70. The minimum atomic E-state index is -1.12. The van der Waals surface area contributed by atoms with E-state index in [2.05, 4.69) is 0 Å². The van der Waals surface area contributed by atoms with Crippen LogP contribution in [0.25, 0.3) is 0 Å². The number of benzene rings is 2. The molecule has 2 N–H and O–H groups in total. The van der Waals surface area contributed by atoms with Gasteiger partial charge >= 0.3 is 12.1 Å². The van der Waals surface area contributed by atoms with Gasteiger partial charge in [0.1, 0.15) is 12.6 Å². The van der Waals surface area contributed by atoms with Crippen molar-refractivity contribution in [2.45, 2.75) is 19.1 Å². The quantitative estimate of drug-likeness (QED) is 0.448. The van der Waals surface area contributed by atoms with Crippen LogP contribution in [0.2, 0.25) is 10.0 Å². The van der Waals surface area contributed by atoms with Gasteiger partial charge in [0.05, 0.1) is 10.6 Å². The monoisotopic (exact) mass is 422 g/mol. The minimum absolute atomic E-state index is 0.0288. The number of carbonyl (C=O) groups excluding carboxylic acids is 3. The van der Waals surface area contributed by atoms with Crippen molar-refractivity contribution in [3.63, 3.8) is 0 Å². The van der Waals surface area contributed by atoms with E-state index in [-0.39, 0.29) is 41.1 Å². The van der Waals surface area contributed by atoms with E-state index in [1.807, 2.05) is 18.2 Å². The molecule has 2 aromatic carbocycles. The summed E-state index contributed by atoms with van der Waals surface area (Å²) in [6, 6.07) is 10.7. The fraction of sp³-hybridized carbons (Fsp3) is 0.211. The van der Waals surface area contributed by atoms with Crippen molar-refractivity contribution in [3.8, 4) is 0 Å². The summed E-state index contributed by atoms with van der Waals surface area (Å²) in [5, 5.41) is 0.352. The van der Waals surface area contributed by atoms with Gasteiger partial charge in [-0.05, 0) is 17.7 Å². The zero-order valence-corrected chi connectivity index (χ0v) is 16.1. The topological polar surface area (TPSA) is 98.9 Å². The Labute approximate surface area is 170 Å². The fourth-order valence-electron chi connectivity index (χ4n) is 2.79. The first-order valence-electron chi connectivity index (χ1n) is 8.28. The smallest absolute Gasteiger partial charge is 0.413 e. The van der Waals surface area contributed by atoms with Crippen molar-refractivity contribution in [3.05, 3.63) is 63.6 Å². The van der Waals surface area contributed by atoms with Crippen molar-refractivity contribution in [1.82, 2.24) is 4.90 Å². The summed E-state index contributed by atoms with van der Waals surface area (Å²) in [7, 11) is 0. The third-order valence-electron chi connectivity index (χ3n) is 4.18. The summed E-state index contributed by atoms with van der Waals surface area (Å²) in [5.41, 5.74) is 6.75. The van der Waals surface area contributed by atoms with Gasteiger partial charge in [-0.15, -0.1) is 0 Å². The van der Waals surface area contributed by atoms with Crippen LogP contribution >= 0.6 is 23.2 Å². The number of amides is 1. The van der Waals surface area contributed by atoms with Gasteiger partial charge in [0, 0.05) is 17.1 Å². The van der Waals surface area contributed by atoms with Gasteiger partial charge in [0.2, 0.25) is 0 Å². The Morgan fingerprint density at radius 1 is 1.21 bits per heavy atom. The van der Waals surface area contributed by atoms with Gasteiger partial charge in [0.15, 0.2) is 12.5 Å². The summed E-state index contributed by atoms with van der Waals surface area (Å²) in [5.74, 6) is -1.21. The number of nitrogens with zero attached hydrogens (tertiary/aromatic N) is 1. The Kier molecular flexibility index (Phi) is 6.06. The highest BCUT2D eigenvalue weighted by Crippen LogP contribution is 2.30. The average molecular weight is 423 g/mol. The number of rotatable bonds is 5. The summed E-state index contributed by atoms with van der Waals surface area (Å²) in [6.45, 7) is -0.269. The molecule has 0 spiro atoms. The Hall–Kier alpha value is -2.77. The van der Waals surface area contributed by atoms with E-state index in [9.17, 15) is 14.4 Å². The lowest BCUT2D eigenvalue weighted by molar-refractivity contribution is -0.139. The molecule has 0 aromatic heterocycles. The maximum absolute atomic E-state index is 12.7. The molecule has 146 valence electrons. The summed E-state index contributed by atoms with van der Waals surface area (Å²) in [6.07, 6.45) is -1.10. The van der Waals surface area contributed by atoms with E-state index in [0.717, 1.165) is 10.5 Å². The average Bonchev–Trinajstić information content (AvgIpc) is 3.00. The van der Waals surface area contributed by atoms with Crippen molar-refractivity contribution in [2.75, 3.05) is 12.5 Å². The van der Waals surface area contributed by atoms with E-state index in [1.54, 1.807) is 12.1 Å². The van der Waals surface area contributed by atoms with Crippen molar-refractivity contribution in [1.29, 1.82) is 0 Å². The summed E-state index contributed by atoms with van der Waals surface area (Å²) < 4.78 is 10.1. The number of hydrogen-bond acceptors (Lipinski definition) is 6. The molecule has 2 aromatic rings. The molecule has 1 heterocycles. The van der Waals surface area contributed by atoms with Gasteiger partial charge in [-0.25, -0.2) is 9.59 Å². The zero-order chi connectivity index (χ0) is 20.3. The molecule has 0 saturated carbocycles. The van der Waals surface area contributed by atoms with Crippen molar-refractivity contribution in [2.24, 2.45) is 0 Å². The number of carbonyl (C=O) groups is 3. The third-order valence-corrected chi connectivity index (χ3v) is 4.69. The number of cyclic esters (lactones) is 1. The number of esters is 1.